The van der Waals surface area contributed by atoms with Crippen molar-refractivity contribution in [2.75, 3.05) is 0 Å². The lowest BCUT2D eigenvalue weighted by atomic mass is 10.0. The number of thiophene rings is 3. The van der Waals surface area contributed by atoms with Crippen molar-refractivity contribution in [3.05, 3.63) is 461 Å². The largest absolute Gasteiger partial charge is 0.309 e. The highest BCUT2D eigenvalue weighted by atomic mass is 32.1. The highest BCUT2D eigenvalue weighted by Crippen LogP contribution is 2.46. The van der Waals surface area contributed by atoms with Crippen molar-refractivity contribution < 1.29 is 0 Å². The smallest absolute Gasteiger partial charge is 0.235 e. The summed E-state index contributed by atoms with van der Waals surface area (Å²) in [4.78, 5) is 30.2. The molecule has 31 aromatic rings. The number of nitrogens with zero attached hydrogens (tertiary/aromatic N) is 12. The quantitative estimate of drug-likeness (QED) is 0.135. The van der Waals surface area contributed by atoms with Gasteiger partial charge in [-0.15, -0.1) is 34.0 Å². The molecule has 15 heteroatoms. The minimum absolute atomic E-state index is 0.686. The number of hydrogen-bond acceptors (Lipinski definition) is 9. The van der Waals surface area contributed by atoms with Gasteiger partial charge in [-0.25, -0.2) is 29.9 Å². The Balaban J connectivity index is 0.000000102. The molecule has 0 saturated heterocycles. The zero-order valence-corrected chi connectivity index (χ0v) is 77.9. The first kappa shape index (κ1) is 80.2. The lowest BCUT2D eigenvalue weighted by Gasteiger charge is -2.11. The van der Waals surface area contributed by atoms with Gasteiger partial charge in [0.1, 0.15) is 0 Å². The molecule has 0 aliphatic heterocycles. The summed E-state index contributed by atoms with van der Waals surface area (Å²) in [5.74, 6) is 2.07. The maximum atomic E-state index is 5.20. The van der Waals surface area contributed by atoms with E-state index in [1.54, 1.807) is 34.0 Å². The highest BCUT2D eigenvalue weighted by molar-refractivity contribution is 7.26. The van der Waals surface area contributed by atoms with Crippen LogP contribution >= 0.6 is 34.0 Å². The van der Waals surface area contributed by atoms with Crippen molar-refractivity contribution >= 4 is 226 Å². The number of aromatic nitrogens is 12. The molecule has 12 nitrogen and oxygen atoms in total. The van der Waals surface area contributed by atoms with Crippen molar-refractivity contribution in [3.63, 3.8) is 0 Å². The molecule has 19 aromatic carbocycles. The average molecular weight is 1850 g/mol. The van der Waals surface area contributed by atoms with E-state index in [-0.39, 0.29) is 0 Å². The number of fused-ring (bicyclic) bond motifs is 27. The fourth-order valence-corrected chi connectivity index (χ4v) is 24.9. The van der Waals surface area contributed by atoms with Crippen LogP contribution in [0.5, 0.6) is 0 Å². The summed E-state index contributed by atoms with van der Waals surface area (Å²) in [5, 5.41) is 18.1. The molecular weight excluding hydrogens is 1780 g/mol. The van der Waals surface area contributed by atoms with E-state index in [4.69, 9.17) is 29.9 Å². The topological polar surface area (TPSA) is 107 Å². The van der Waals surface area contributed by atoms with Gasteiger partial charge in [0, 0.05) is 112 Å². The van der Waals surface area contributed by atoms with Gasteiger partial charge in [0.15, 0.2) is 0 Å². The lowest BCUT2D eigenvalue weighted by Crippen LogP contribution is -2.00. The number of hydrogen-bond donors (Lipinski definition) is 0. The van der Waals surface area contributed by atoms with E-state index in [1.165, 1.54) is 167 Å². The van der Waals surface area contributed by atoms with E-state index in [2.05, 4.69) is 470 Å². The van der Waals surface area contributed by atoms with Crippen LogP contribution in [-0.4, -0.2) is 57.3 Å². The van der Waals surface area contributed by atoms with Gasteiger partial charge < -0.3 is 13.7 Å². The van der Waals surface area contributed by atoms with Gasteiger partial charge in [-0.05, 0) is 196 Å². The van der Waals surface area contributed by atoms with Crippen molar-refractivity contribution in [1.82, 2.24) is 57.3 Å². The summed E-state index contributed by atoms with van der Waals surface area (Å²) in [7, 11) is 0. The van der Waals surface area contributed by atoms with Crippen molar-refractivity contribution in [2.24, 2.45) is 0 Å². The van der Waals surface area contributed by atoms with E-state index >= 15 is 0 Å². The Labute approximate surface area is 817 Å². The third-order valence-electron chi connectivity index (χ3n) is 28.2. The predicted octanol–water partition coefficient (Wildman–Crippen LogP) is 33.8. The number of rotatable bonds is 10. The molecule has 0 fully saturated rings. The maximum absolute atomic E-state index is 5.20. The molecule has 12 heterocycles. The second-order valence-corrected chi connectivity index (χ2v) is 39.3. The zero-order chi connectivity index (χ0) is 92.4. The number of para-hydroxylation sites is 8. The average Bonchev–Trinajstić information content (AvgIpc) is 1.58. The number of benzene rings is 19. The van der Waals surface area contributed by atoms with Crippen LogP contribution in [0, 0.1) is 0 Å². The van der Waals surface area contributed by atoms with Crippen LogP contribution in [0.25, 0.3) is 271 Å². The summed E-state index contributed by atoms with van der Waals surface area (Å²) in [6, 6.07) is 159. The summed E-state index contributed by atoms with van der Waals surface area (Å²) in [6.45, 7) is 0. The van der Waals surface area contributed by atoms with Crippen LogP contribution < -0.4 is 0 Å². The normalized spacial score (nSPS) is 12.0. The second-order valence-electron chi connectivity index (χ2n) is 36.0. The van der Waals surface area contributed by atoms with E-state index < -0.39 is 0 Å². The van der Waals surface area contributed by atoms with Crippen LogP contribution in [-0.2, 0) is 0 Å². The molecule has 12 aromatic heterocycles. The van der Waals surface area contributed by atoms with Gasteiger partial charge >= 0.3 is 0 Å². The molecule has 0 atom stereocenters. The van der Waals surface area contributed by atoms with E-state index in [0.717, 1.165) is 86.3 Å². The van der Waals surface area contributed by atoms with Crippen LogP contribution in [0.3, 0.4) is 0 Å². The Morgan fingerprint density at radius 1 is 0.142 bits per heavy atom. The fraction of sp³-hybridized carbons (Fsp3) is 0. The standard InChI is InChI=1S/C46H28N4S.2C40H24N4S/c1-2-11-29(12-3-1)30-13-10-14-33(25-30)49-39-18-7-5-16-35(39)38-26-31(22-24-41(38)49)32-21-23-36-34-15-4-8-19-40(34)50(42(36)27-32)46-47-28-44-45(48-46)37-17-6-9-20-43(37)51-44;1-2-10-27(11-3-1)43-33-15-7-5-13-29(33)32-22-25(19-21-35(32)43)26-18-20-30-28-12-4-8-16-34(28)44(36(30)23-26)40-41-24-38-39(42-40)31-14-6-9-17-37(31)45-38;1-2-10-27(11-3-1)43-33-15-7-4-12-28(33)31-22-25(18-20-35(31)43)26-19-21-36-32(23-26)29-13-5-8-16-34(29)44(36)40-41-24-38-39(42-40)30-14-6-9-17-37(30)45-38/h1-28H;2*1-24H. The Hall–Kier alpha value is -18.1. The molecule has 0 amide bonds. The molecular formula is C126H76N12S3. The highest BCUT2D eigenvalue weighted by Gasteiger charge is 2.25. The van der Waals surface area contributed by atoms with Gasteiger partial charge in [-0.3, -0.25) is 13.7 Å². The van der Waals surface area contributed by atoms with E-state index in [9.17, 15) is 0 Å². The zero-order valence-electron chi connectivity index (χ0n) is 75.5. The molecule has 0 bridgehead atoms. The predicted molar refractivity (Wildman–Crippen MR) is 593 cm³/mol. The first-order chi connectivity index (χ1) is 69.9. The van der Waals surface area contributed by atoms with Crippen LogP contribution in [0.4, 0.5) is 0 Å². The maximum Gasteiger partial charge on any atom is 0.235 e. The summed E-state index contributed by atoms with van der Waals surface area (Å²) < 4.78 is 20.8. The van der Waals surface area contributed by atoms with Crippen molar-refractivity contribution in [2.45, 2.75) is 0 Å². The van der Waals surface area contributed by atoms with Gasteiger partial charge in [-0.1, -0.05) is 291 Å². The molecule has 0 aliphatic rings. The fourth-order valence-electron chi connectivity index (χ4n) is 21.8. The second kappa shape index (κ2) is 32.3. The molecule has 0 radical (unpaired) electrons. The molecule has 141 heavy (non-hydrogen) atoms. The molecule has 0 unspecified atom stereocenters. The minimum atomic E-state index is 0.686. The van der Waals surface area contributed by atoms with Gasteiger partial charge in [-0.2, -0.15) is 0 Å². The van der Waals surface area contributed by atoms with Gasteiger partial charge in [0.05, 0.1) is 115 Å². The summed E-state index contributed by atoms with van der Waals surface area (Å²) >= 11 is 5.22. The van der Waals surface area contributed by atoms with Crippen LogP contribution in [0.2, 0.25) is 0 Å². The van der Waals surface area contributed by atoms with Gasteiger partial charge in [0.2, 0.25) is 17.8 Å². The molecule has 31 rings (SSSR count). The Morgan fingerprint density at radius 3 is 0.730 bits per heavy atom. The van der Waals surface area contributed by atoms with E-state index in [0.29, 0.717) is 17.8 Å². The monoisotopic (exact) mass is 1850 g/mol. The van der Waals surface area contributed by atoms with E-state index in [1.807, 2.05) is 18.6 Å². The Morgan fingerprint density at radius 2 is 0.376 bits per heavy atom. The summed E-state index contributed by atoms with van der Waals surface area (Å²) in [5.41, 5.74) is 29.7. The van der Waals surface area contributed by atoms with Crippen molar-refractivity contribution in [3.8, 4) is 79.4 Å². The molecule has 658 valence electrons. The third-order valence-corrected chi connectivity index (χ3v) is 31.5. The minimum Gasteiger partial charge on any atom is -0.309 e. The Kier molecular flexibility index (Phi) is 18.4. The lowest BCUT2D eigenvalue weighted by molar-refractivity contribution is 1.01. The van der Waals surface area contributed by atoms with Crippen LogP contribution in [0.15, 0.2) is 461 Å². The molecule has 0 aliphatic carbocycles. The SMILES string of the molecule is c1ccc(-c2cccc(-n3c4ccccc4c4cc(-c5ccc6c7ccccc7n(-c7ncc8sc9ccccc9c8n7)c6c5)ccc43)c2)cc1.c1ccc(-n2c3ccccc3c3cc(-c4ccc5c(c4)c4ccccc4n5-c4ncc5sc6ccccc6c5n4)ccc32)cc1.c1ccc(-n2c3ccccc3c3cc(-c4ccc5c6ccccc6n(-c6ncc7sc8ccccc8c7n6)c5c4)ccc32)cc1. The van der Waals surface area contributed by atoms with Crippen LogP contribution in [0.1, 0.15) is 0 Å². The Bertz CT molecular complexity index is 10600. The molecule has 0 spiro atoms. The van der Waals surface area contributed by atoms with Gasteiger partial charge in [0.25, 0.3) is 0 Å². The third kappa shape index (κ3) is 12.9. The first-order valence-electron chi connectivity index (χ1n) is 47.3. The summed E-state index contributed by atoms with van der Waals surface area (Å²) in [6.07, 6.45) is 5.92. The first-order valence-corrected chi connectivity index (χ1v) is 49.8. The molecule has 0 N–H and O–H groups in total. The molecule has 0 saturated carbocycles. The van der Waals surface area contributed by atoms with Crippen molar-refractivity contribution in [1.29, 1.82) is 0 Å².